The number of nitrogens with two attached hydrogens (primary N) is 2. The SMILES string of the molecule is NC(=O)Nc1cc(N)c(C/N=N/c2ccc(S(=O)(=O)CCOS(=O)(=O)O)cc2S(=O)(=O)O)cc1/N=N/c1ccc(S(=O)(=O)CCOS(=O)(=O)O)cc1. The first-order valence-corrected chi connectivity index (χ1v) is 21.0. The number of nitrogens with one attached hydrogen (secondary N) is 1. The standard InChI is InChI=1S/C24H27N7O16S5/c25-19-13-21(28-24(26)32)22(31-29-16-1-3-17(4-2-16)48(33,34)9-7-46-51(40,41)42)11-15(19)14-27-30-20-6-5-18(12-23(20)50(37,38)39)49(35,36)10-8-47-52(43,44)45/h1-6,11-13H,7-10,14,25H2,(H3,26,28,32)(H,37,38,39)(H,40,41,42)(H,43,44,45)/b30-27+,31-29+. The second-order valence-corrected chi connectivity index (χ2v) is 17.7. The van der Waals surface area contributed by atoms with Gasteiger partial charge in [-0.15, -0.1) is 5.11 Å². The smallest absolute Gasteiger partial charge is 0.397 e. The topological polar surface area (TPSA) is 380 Å². The summed E-state index contributed by atoms with van der Waals surface area (Å²) in [4.78, 5) is 9.69. The molecule has 28 heteroatoms. The van der Waals surface area contributed by atoms with Crippen LogP contribution in [0.3, 0.4) is 0 Å². The first kappa shape index (κ1) is 41.9. The van der Waals surface area contributed by atoms with Crippen molar-refractivity contribution in [1.82, 2.24) is 0 Å². The molecule has 0 aliphatic rings. The molecule has 0 aliphatic heterocycles. The second kappa shape index (κ2) is 16.4. The number of nitrogens with zero attached hydrogens (tertiary/aromatic N) is 4. The van der Waals surface area contributed by atoms with E-state index in [1.165, 1.54) is 24.3 Å². The molecule has 0 bridgehead atoms. The third kappa shape index (κ3) is 12.9. The zero-order chi connectivity index (χ0) is 39.1. The van der Waals surface area contributed by atoms with Gasteiger partial charge in [-0.1, -0.05) is 0 Å². The lowest BCUT2D eigenvalue weighted by atomic mass is 10.1. The number of amides is 2. The van der Waals surface area contributed by atoms with Gasteiger partial charge in [0.1, 0.15) is 16.3 Å². The minimum Gasteiger partial charge on any atom is -0.398 e. The summed E-state index contributed by atoms with van der Waals surface area (Å²) in [6.45, 7) is -2.23. The summed E-state index contributed by atoms with van der Waals surface area (Å²) in [5.41, 5.74) is 11.0. The molecule has 8 N–H and O–H groups in total. The summed E-state index contributed by atoms with van der Waals surface area (Å²) in [7, 11) is -23.3. The normalized spacial score (nSPS) is 13.1. The van der Waals surface area contributed by atoms with Gasteiger partial charge in [0.2, 0.25) is 0 Å². The monoisotopic (exact) mass is 829 g/mol. The maximum absolute atomic E-state index is 12.5. The van der Waals surface area contributed by atoms with E-state index >= 15 is 0 Å². The number of azo groups is 2. The summed E-state index contributed by atoms with van der Waals surface area (Å²) in [6.07, 6.45) is 0. The molecule has 2 amide bonds. The van der Waals surface area contributed by atoms with Crippen molar-refractivity contribution >= 4 is 85.1 Å². The number of nitrogen functional groups attached to an aromatic ring is 1. The van der Waals surface area contributed by atoms with Crippen LogP contribution in [0, 0.1) is 0 Å². The van der Waals surface area contributed by atoms with Crippen molar-refractivity contribution < 1.29 is 68.9 Å². The average Bonchev–Trinajstić information content (AvgIpc) is 2.99. The van der Waals surface area contributed by atoms with Crippen LogP contribution in [0.2, 0.25) is 0 Å². The molecule has 284 valence electrons. The number of hydrogen-bond donors (Lipinski definition) is 6. The van der Waals surface area contributed by atoms with Gasteiger partial charge in [0, 0.05) is 11.3 Å². The van der Waals surface area contributed by atoms with E-state index in [1.54, 1.807) is 0 Å². The minimum atomic E-state index is -5.10. The van der Waals surface area contributed by atoms with Crippen LogP contribution >= 0.6 is 0 Å². The lowest BCUT2D eigenvalue weighted by molar-refractivity contribution is 0.259. The van der Waals surface area contributed by atoms with Gasteiger partial charge in [-0.2, -0.15) is 40.6 Å². The summed E-state index contributed by atoms with van der Waals surface area (Å²) >= 11 is 0. The van der Waals surface area contributed by atoms with Crippen molar-refractivity contribution in [2.75, 3.05) is 35.8 Å². The highest BCUT2D eigenvalue weighted by atomic mass is 32.3. The Hall–Kier alpha value is -4.52. The van der Waals surface area contributed by atoms with Crippen LogP contribution < -0.4 is 16.8 Å². The molecule has 23 nitrogen and oxygen atoms in total. The highest BCUT2D eigenvalue weighted by Gasteiger charge is 2.23. The molecule has 3 rings (SSSR count). The number of sulfone groups is 2. The van der Waals surface area contributed by atoms with Gasteiger partial charge >= 0.3 is 26.8 Å². The Kier molecular flexibility index (Phi) is 13.2. The zero-order valence-corrected chi connectivity index (χ0v) is 29.9. The Balaban J connectivity index is 1.87. The number of carbonyl (C=O) groups excluding carboxylic acids is 1. The molecule has 0 spiro atoms. The second-order valence-electron chi connectivity index (χ2n) is 9.89. The summed E-state index contributed by atoms with van der Waals surface area (Å²) in [5.74, 6) is -1.77. The maximum Gasteiger partial charge on any atom is 0.397 e. The first-order valence-electron chi connectivity index (χ1n) is 13.6. The number of primary amides is 1. The van der Waals surface area contributed by atoms with Crippen molar-refractivity contribution in [2.24, 2.45) is 26.2 Å². The van der Waals surface area contributed by atoms with Gasteiger partial charge in [0.05, 0.1) is 52.4 Å². The van der Waals surface area contributed by atoms with Crippen LogP contribution in [-0.4, -0.2) is 86.5 Å². The molecular formula is C24H27N7O16S5. The molecule has 0 heterocycles. The number of benzene rings is 3. The predicted octanol–water partition coefficient (Wildman–Crippen LogP) is 1.89. The molecule has 52 heavy (non-hydrogen) atoms. The highest BCUT2D eigenvalue weighted by Crippen LogP contribution is 2.34. The Labute approximate surface area is 296 Å². The summed E-state index contributed by atoms with van der Waals surface area (Å²) < 4.78 is 152. The van der Waals surface area contributed by atoms with Crippen LogP contribution in [0.1, 0.15) is 5.56 Å². The Bertz CT molecular complexity index is 2460. The van der Waals surface area contributed by atoms with Crippen molar-refractivity contribution in [3.05, 3.63) is 60.2 Å². The number of urea groups is 1. The van der Waals surface area contributed by atoms with Gasteiger partial charge in [-0.25, -0.2) is 30.0 Å². The average molecular weight is 830 g/mol. The van der Waals surface area contributed by atoms with E-state index in [0.29, 0.717) is 6.07 Å². The van der Waals surface area contributed by atoms with Crippen LogP contribution in [0.4, 0.5) is 33.2 Å². The first-order chi connectivity index (χ1) is 23.9. The summed E-state index contributed by atoms with van der Waals surface area (Å²) in [5, 5.41) is 17.8. The summed E-state index contributed by atoms with van der Waals surface area (Å²) in [6, 6.07) is 8.57. The van der Waals surface area contributed by atoms with E-state index in [1.807, 2.05) is 0 Å². The molecule has 0 fully saturated rings. The Morgan fingerprint density at radius 3 is 1.75 bits per heavy atom. The number of anilines is 2. The quantitative estimate of drug-likeness (QED) is 0.0642. The minimum absolute atomic E-state index is 0.00209. The number of carbonyl (C=O) groups is 1. The lowest BCUT2D eigenvalue weighted by Gasteiger charge is -2.10. The van der Waals surface area contributed by atoms with Crippen LogP contribution in [0.15, 0.2) is 89.7 Å². The van der Waals surface area contributed by atoms with Crippen molar-refractivity contribution in [2.45, 2.75) is 21.2 Å². The van der Waals surface area contributed by atoms with Crippen molar-refractivity contribution in [3.8, 4) is 0 Å². The number of rotatable bonds is 17. The van der Waals surface area contributed by atoms with Crippen molar-refractivity contribution in [1.29, 1.82) is 0 Å². The van der Waals surface area contributed by atoms with Crippen LogP contribution in [0.5, 0.6) is 0 Å². The highest BCUT2D eigenvalue weighted by molar-refractivity contribution is 7.92. The van der Waals surface area contributed by atoms with E-state index in [0.717, 1.165) is 24.3 Å². The van der Waals surface area contributed by atoms with Gasteiger partial charge in [0.15, 0.2) is 19.7 Å². The third-order valence-electron chi connectivity index (χ3n) is 6.14. The fourth-order valence-corrected chi connectivity index (χ4v) is 7.55. The molecule has 0 radical (unpaired) electrons. The zero-order valence-electron chi connectivity index (χ0n) is 25.9. The molecular weight excluding hydrogens is 803 g/mol. The van der Waals surface area contributed by atoms with E-state index < -0.39 is 103 Å². The lowest BCUT2D eigenvalue weighted by Crippen LogP contribution is -2.19. The van der Waals surface area contributed by atoms with Crippen LogP contribution in [-0.2, 0) is 65.5 Å². The number of hydrogen-bond acceptors (Lipinski definition) is 18. The van der Waals surface area contributed by atoms with E-state index in [4.69, 9.17) is 20.6 Å². The van der Waals surface area contributed by atoms with Gasteiger partial charge in [-0.3, -0.25) is 13.7 Å². The Morgan fingerprint density at radius 2 is 1.23 bits per heavy atom. The molecule has 0 unspecified atom stereocenters. The molecule has 0 atom stereocenters. The Morgan fingerprint density at radius 1 is 0.692 bits per heavy atom. The molecule has 0 saturated heterocycles. The van der Waals surface area contributed by atoms with Gasteiger partial charge in [0.25, 0.3) is 10.1 Å². The van der Waals surface area contributed by atoms with Gasteiger partial charge in [-0.05, 0) is 54.6 Å². The van der Waals surface area contributed by atoms with E-state index in [9.17, 15) is 51.4 Å². The van der Waals surface area contributed by atoms with Crippen molar-refractivity contribution in [3.63, 3.8) is 0 Å². The molecule has 0 aliphatic carbocycles. The third-order valence-corrected chi connectivity index (χ3v) is 11.3. The largest absolute Gasteiger partial charge is 0.398 e. The van der Waals surface area contributed by atoms with Crippen LogP contribution in [0.25, 0.3) is 0 Å². The van der Waals surface area contributed by atoms with Gasteiger partial charge < -0.3 is 16.8 Å². The van der Waals surface area contributed by atoms with E-state index in [2.05, 4.69) is 34.1 Å². The molecule has 3 aromatic carbocycles. The fourth-order valence-electron chi connectivity index (χ4n) is 3.83. The predicted molar refractivity (Wildman–Crippen MR) is 178 cm³/mol. The molecule has 3 aromatic rings. The molecule has 0 saturated carbocycles. The maximum atomic E-state index is 12.5. The van der Waals surface area contributed by atoms with E-state index in [-0.39, 0.29) is 33.2 Å². The molecule has 0 aromatic heterocycles. The fraction of sp³-hybridized carbons (Fsp3) is 0.208.